The van der Waals surface area contributed by atoms with Gasteiger partial charge in [0.25, 0.3) is 5.91 Å². The second kappa shape index (κ2) is 12.3. The largest absolute Gasteiger partial charge is 0.464 e. The summed E-state index contributed by atoms with van der Waals surface area (Å²) in [6.07, 6.45) is 3.10. The number of carbonyl (C=O) groups is 2. The number of ether oxygens (including phenoxy) is 1. The van der Waals surface area contributed by atoms with Crippen LogP contribution >= 0.6 is 0 Å². The van der Waals surface area contributed by atoms with Crippen molar-refractivity contribution in [2.24, 2.45) is 0 Å². The van der Waals surface area contributed by atoms with Crippen LogP contribution in [0.3, 0.4) is 0 Å². The monoisotopic (exact) mass is 538 g/mol. The van der Waals surface area contributed by atoms with Gasteiger partial charge in [-0.2, -0.15) is 0 Å². The van der Waals surface area contributed by atoms with Gasteiger partial charge in [0.15, 0.2) is 5.43 Å². The normalized spacial score (nSPS) is 14.8. The predicted molar refractivity (Wildman–Crippen MR) is 154 cm³/mol. The van der Waals surface area contributed by atoms with Gasteiger partial charge >= 0.3 is 0 Å². The van der Waals surface area contributed by atoms with Crippen LogP contribution in [-0.4, -0.2) is 47.4 Å². The molecule has 40 heavy (non-hydrogen) atoms. The van der Waals surface area contributed by atoms with Crippen molar-refractivity contribution in [3.63, 3.8) is 0 Å². The highest BCUT2D eigenvalue weighted by molar-refractivity contribution is 5.97. The average Bonchev–Trinajstić information content (AvgIpc) is 3.47. The molecule has 4 aromatic rings. The molecule has 1 aromatic heterocycles. The maximum Gasteiger partial charge on any atom is 0.254 e. The highest BCUT2D eigenvalue weighted by atomic mass is 16.5. The zero-order valence-electron chi connectivity index (χ0n) is 23.0. The van der Waals surface area contributed by atoms with Crippen molar-refractivity contribution in [2.45, 2.75) is 45.9 Å². The zero-order chi connectivity index (χ0) is 28.1. The summed E-state index contributed by atoms with van der Waals surface area (Å²) in [7, 11) is 0. The van der Waals surface area contributed by atoms with Crippen molar-refractivity contribution in [3.8, 4) is 0 Å². The van der Waals surface area contributed by atoms with Crippen molar-refractivity contribution < 1.29 is 18.7 Å². The third-order valence-electron chi connectivity index (χ3n) is 7.37. The number of benzene rings is 3. The van der Waals surface area contributed by atoms with Crippen LogP contribution in [0.15, 0.2) is 88.3 Å². The molecular weight excluding hydrogens is 504 g/mol. The van der Waals surface area contributed by atoms with Gasteiger partial charge in [0.2, 0.25) is 5.91 Å². The SMILES string of the molecule is Cc1ccc2occ(CN(Cc3ccccc3)C(=O)CN(C[C@@H]3CCCO3)C(=O)c3ccccc3C)c(=O)c2c1. The molecule has 206 valence electrons. The highest BCUT2D eigenvalue weighted by Gasteiger charge is 2.28. The second-order valence-corrected chi connectivity index (χ2v) is 10.5. The highest BCUT2D eigenvalue weighted by Crippen LogP contribution is 2.19. The van der Waals surface area contributed by atoms with Crippen molar-refractivity contribution in [1.82, 2.24) is 9.80 Å². The van der Waals surface area contributed by atoms with E-state index in [-0.39, 0.29) is 43.0 Å². The smallest absolute Gasteiger partial charge is 0.254 e. The molecule has 2 heterocycles. The number of carbonyl (C=O) groups excluding carboxylic acids is 2. The van der Waals surface area contributed by atoms with Crippen molar-refractivity contribution in [3.05, 3.63) is 117 Å². The Labute approximate surface area is 234 Å². The van der Waals surface area contributed by atoms with E-state index in [1.54, 1.807) is 28.0 Å². The fourth-order valence-electron chi connectivity index (χ4n) is 5.14. The summed E-state index contributed by atoms with van der Waals surface area (Å²) in [5.41, 5.74) is 4.02. The molecule has 0 unspecified atom stereocenters. The van der Waals surface area contributed by atoms with Crippen LogP contribution in [0.2, 0.25) is 0 Å². The van der Waals surface area contributed by atoms with E-state index in [1.165, 1.54) is 6.26 Å². The Morgan fingerprint density at radius 1 is 0.925 bits per heavy atom. The molecule has 1 atom stereocenters. The molecule has 0 spiro atoms. The first-order valence-corrected chi connectivity index (χ1v) is 13.7. The van der Waals surface area contributed by atoms with Crippen LogP contribution in [0.25, 0.3) is 11.0 Å². The summed E-state index contributed by atoms with van der Waals surface area (Å²) in [6, 6.07) is 22.5. The summed E-state index contributed by atoms with van der Waals surface area (Å²) in [6.45, 7) is 5.02. The Balaban J connectivity index is 1.45. The minimum atomic E-state index is -0.257. The lowest BCUT2D eigenvalue weighted by Crippen LogP contribution is -2.45. The van der Waals surface area contributed by atoms with E-state index in [9.17, 15) is 14.4 Å². The molecule has 1 saturated heterocycles. The van der Waals surface area contributed by atoms with Crippen LogP contribution in [-0.2, 0) is 22.6 Å². The fourth-order valence-corrected chi connectivity index (χ4v) is 5.14. The van der Waals surface area contributed by atoms with Gasteiger partial charge in [0.05, 0.1) is 29.9 Å². The van der Waals surface area contributed by atoms with Gasteiger partial charge in [0.1, 0.15) is 12.1 Å². The van der Waals surface area contributed by atoms with E-state index in [0.29, 0.717) is 35.2 Å². The van der Waals surface area contributed by atoms with Crippen LogP contribution in [0.4, 0.5) is 0 Å². The minimum Gasteiger partial charge on any atom is -0.464 e. The molecule has 2 amide bonds. The minimum absolute atomic E-state index is 0.0618. The molecule has 7 heteroatoms. The van der Waals surface area contributed by atoms with Crippen LogP contribution < -0.4 is 5.43 Å². The molecular formula is C33H34N2O5. The van der Waals surface area contributed by atoms with Gasteiger partial charge in [-0.05, 0) is 56.0 Å². The number of rotatable bonds is 9. The molecule has 0 saturated carbocycles. The number of aryl methyl sites for hydroxylation is 2. The van der Waals surface area contributed by atoms with E-state index in [1.807, 2.05) is 68.4 Å². The van der Waals surface area contributed by atoms with E-state index in [2.05, 4.69) is 0 Å². The molecule has 1 aliphatic rings. The lowest BCUT2D eigenvalue weighted by molar-refractivity contribution is -0.133. The van der Waals surface area contributed by atoms with Crippen LogP contribution in [0.1, 0.15) is 45.5 Å². The third kappa shape index (κ3) is 6.32. The number of nitrogens with zero attached hydrogens (tertiary/aromatic N) is 2. The van der Waals surface area contributed by atoms with Gasteiger partial charge in [-0.25, -0.2) is 0 Å². The molecule has 0 aliphatic carbocycles. The summed E-state index contributed by atoms with van der Waals surface area (Å²) < 4.78 is 11.6. The lowest BCUT2D eigenvalue weighted by Gasteiger charge is -2.29. The Morgan fingerprint density at radius 2 is 1.70 bits per heavy atom. The maximum absolute atomic E-state index is 13.9. The Bertz CT molecular complexity index is 1560. The van der Waals surface area contributed by atoms with Crippen LogP contribution in [0, 0.1) is 13.8 Å². The standard InChI is InChI=1S/C33H34N2O5/c1-23-14-15-30-29(17-23)32(37)26(22-40-30)19-34(18-25-10-4-3-5-11-25)31(36)21-35(20-27-12-8-16-39-27)33(38)28-13-7-6-9-24(28)2/h3-7,9-11,13-15,17,22,27H,8,12,16,18-21H2,1-2H3/t27-/m0/s1. The van der Waals surface area contributed by atoms with E-state index < -0.39 is 0 Å². The first-order valence-electron chi connectivity index (χ1n) is 13.7. The van der Waals surface area contributed by atoms with Gasteiger partial charge < -0.3 is 19.0 Å². The van der Waals surface area contributed by atoms with Gasteiger partial charge in [-0.15, -0.1) is 0 Å². The fraction of sp³-hybridized carbons (Fsp3) is 0.303. The summed E-state index contributed by atoms with van der Waals surface area (Å²) in [4.78, 5) is 44.2. The Kier molecular flexibility index (Phi) is 8.41. The second-order valence-electron chi connectivity index (χ2n) is 10.5. The van der Waals surface area contributed by atoms with Gasteiger partial charge in [-0.3, -0.25) is 14.4 Å². The van der Waals surface area contributed by atoms with Crippen molar-refractivity contribution in [1.29, 1.82) is 0 Å². The molecule has 7 nitrogen and oxygen atoms in total. The Hall–Kier alpha value is -4.23. The lowest BCUT2D eigenvalue weighted by atomic mass is 10.1. The van der Waals surface area contributed by atoms with E-state index in [4.69, 9.17) is 9.15 Å². The molecule has 0 radical (unpaired) electrons. The van der Waals surface area contributed by atoms with Gasteiger partial charge in [0, 0.05) is 25.3 Å². The molecule has 1 aliphatic heterocycles. The summed E-state index contributed by atoms with van der Waals surface area (Å²) in [5, 5.41) is 0.486. The van der Waals surface area contributed by atoms with Crippen molar-refractivity contribution >= 4 is 22.8 Å². The number of hydrogen-bond donors (Lipinski definition) is 0. The summed E-state index contributed by atoms with van der Waals surface area (Å²) in [5.74, 6) is -0.463. The quantitative estimate of drug-likeness (QED) is 0.290. The molecule has 1 fully saturated rings. The van der Waals surface area contributed by atoms with Crippen molar-refractivity contribution in [2.75, 3.05) is 19.7 Å². The maximum atomic E-state index is 13.9. The first-order chi connectivity index (χ1) is 19.4. The number of amides is 2. The molecule has 0 N–H and O–H groups in total. The average molecular weight is 539 g/mol. The number of hydrogen-bond acceptors (Lipinski definition) is 5. The molecule has 5 rings (SSSR count). The van der Waals surface area contributed by atoms with E-state index in [0.717, 1.165) is 29.5 Å². The van der Waals surface area contributed by atoms with Gasteiger partial charge in [-0.1, -0.05) is 60.2 Å². The van der Waals surface area contributed by atoms with E-state index >= 15 is 0 Å². The topological polar surface area (TPSA) is 80.1 Å². The summed E-state index contributed by atoms with van der Waals surface area (Å²) >= 11 is 0. The van der Waals surface area contributed by atoms with Crippen LogP contribution in [0.5, 0.6) is 0 Å². The zero-order valence-corrected chi connectivity index (χ0v) is 23.0. The third-order valence-corrected chi connectivity index (χ3v) is 7.37. The molecule has 0 bridgehead atoms. The number of fused-ring (bicyclic) bond motifs is 1. The predicted octanol–water partition coefficient (Wildman–Crippen LogP) is 5.26. The molecule has 3 aromatic carbocycles. The first kappa shape index (κ1) is 27.3. The Morgan fingerprint density at radius 3 is 2.45 bits per heavy atom.